The Hall–Kier alpha value is -1.75. The second-order valence-electron chi connectivity index (χ2n) is 6.29. The molecule has 0 saturated carbocycles. The number of anilines is 1. The van der Waals surface area contributed by atoms with E-state index in [1.807, 2.05) is 6.92 Å². The van der Waals surface area contributed by atoms with Crippen molar-refractivity contribution in [1.82, 2.24) is 4.90 Å². The van der Waals surface area contributed by atoms with E-state index in [0.29, 0.717) is 36.1 Å². The fourth-order valence-electron chi connectivity index (χ4n) is 2.80. The van der Waals surface area contributed by atoms with E-state index >= 15 is 0 Å². The van der Waals surface area contributed by atoms with Gasteiger partial charge in [0.2, 0.25) is 0 Å². The first kappa shape index (κ1) is 20.3. The first-order valence-electron chi connectivity index (χ1n) is 8.86. The Morgan fingerprint density at radius 3 is 2.42 bits per heavy atom. The highest BCUT2D eigenvalue weighted by atomic mass is 16.5. The molecule has 0 bridgehead atoms. The molecule has 0 fully saturated rings. The van der Waals surface area contributed by atoms with Gasteiger partial charge in [-0.2, -0.15) is 0 Å². The van der Waals surface area contributed by atoms with E-state index in [1.54, 1.807) is 18.2 Å². The standard InChI is InChI=1S/C19H32N2O3/c1-6-21(7-2)16(11-14(4)5)13-24-19(22)15-9-10-17(20)18(12-15)23-8-3/h9-10,12,14,16H,6-8,11,13,20H2,1-5H3/t16-/m0/s1. The number of nitrogens with two attached hydrogens (primary N) is 1. The van der Waals surface area contributed by atoms with E-state index in [-0.39, 0.29) is 12.0 Å². The predicted octanol–water partition coefficient (Wildman–Crippen LogP) is 3.58. The molecule has 0 heterocycles. The van der Waals surface area contributed by atoms with Crippen LogP contribution in [0.1, 0.15) is 51.4 Å². The molecule has 0 aliphatic rings. The van der Waals surface area contributed by atoms with Crippen molar-refractivity contribution in [2.24, 2.45) is 5.92 Å². The summed E-state index contributed by atoms with van der Waals surface area (Å²) in [5, 5.41) is 0. The van der Waals surface area contributed by atoms with E-state index in [2.05, 4.69) is 32.6 Å². The Morgan fingerprint density at radius 2 is 1.88 bits per heavy atom. The number of ether oxygens (including phenoxy) is 2. The average molecular weight is 336 g/mol. The van der Waals surface area contributed by atoms with Gasteiger partial charge in [-0.1, -0.05) is 27.7 Å². The Kier molecular flexibility index (Phi) is 8.61. The molecule has 1 atom stereocenters. The maximum absolute atomic E-state index is 12.4. The summed E-state index contributed by atoms with van der Waals surface area (Å²) < 4.78 is 11.0. The molecule has 0 saturated heterocycles. The van der Waals surface area contributed by atoms with Crippen LogP contribution in [0.4, 0.5) is 5.69 Å². The van der Waals surface area contributed by atoms with E-state index < -0.39 is 0 Å². The summed E-state index contributed by atoms with van der Waals surface area (Å²) in [5.41, 5.74) is 6.84. The van der Waals surface area contributed by atoms with Gasteiger partial charge in [0.25, 0.3) is 0 Å². The molecule has 0 radical (unpaired) electrons. The van der Waals surface area contributed by atoms with Crippen molar-refractivity contribution in [3.8, 4) is 5.75 Å². The van der Waals surface area contributed by atoms with Crippen LogP contribution in [0.5, 0.6) is 5.75 Å². The minimum Gasteiger partial charge on any atom is -0.492 e. The number of rotatable bonds is 10. The van der Waals surface area contributed by atoms with Crippen molar-refractivity contribution >= 4 is 11.7 Å². The number of esters is 1. The number of nitrogens with zero attached hydrogens (tertiary/aromatic N) is 1. The van der Waals surface area contributed by atoms with E-state index in [1.165, 1.54) is 0 Å². The number of hydrogen-bond donors (Lipinski definition) is 1. The maximum Gasteiger partial charge on any atom is 0.338 e. The molecule has 0 aromatic heterocycles. The van der Waals surface area contributed by atoms with Crippen molar-refractivity contribution in [2.75, 3.05) is 32.0 Å². The fourth-order valence-corrected chi connectivity index (χ4v) is 2.80. The van der Waals surface area contributed by atoms with Gasteiger partial charge in [-0.3, -0.25) is 4.90 Å². The Bertz CT molecular complexity index is 513. The molecular weight excluding hydrogens is 304 g/mol. The normalized spacial score (nSPS) is 12.5. The largest absolute Gasteiger partial charge is 0.492 e. The Balaban J connectivity index is 2.76. The van der Waals surface area contributed by atoms with Gasteiger partial charge in [0, 0.05) is 6.04 Å². The van der Waals surface area contributed by atoms with Gasteiger partial charge in [0.15, 0.2) is 0 Å². The second kappa shape index (κ2) is 10.2. The molecule has 1 aromatic rings. The first-order valence-corrected chi connectivity index (χ1v) is 8.86. The molecule has 0 aliphatic heterocycles. The minimum absolute atomic E-state index is 0.240. The van der Waals surface area contributed by atoms with Gasteiger partial charge in [-0.15, -0.1) is 0 Å². The summed E-state index contributed by atoms with van der Waals surface area (Å²) in [7, 11) is 0. The molecule has 5 heteroatoms. The highest BCUT2D eigenvalue weighted by molar-refractivity contribution is 5.90. The molecule has 1 aromatic carbocycles. The number of carbonyl (C=O) groups excluding carboxylic acids is 1. The van der Waals surface area contributed by atoms with Crippen LogP contribution in [-0.2, 0) is 4.74 Å². The van der Waals surface area contributed by atoms with Crippen molar-refractivity contribution < 1.29 is 14.3 Å². The Labute approximate surface area is 146 Å². The summed E-state index contributed by atoms with van der Waals surface area (Å²) >= 11 is 0. The Morgan fingerprint density at radius 1 is 1.21 bits per heavy atom. The van der Waals surface area contributed by atoms with Crippen LogP contribution in [0.25, 0.3) is 0 Å². The van der Waals surface area contributed by atoms with Crippen molar-refractivity contribution in [3.63, 3.8) is 0 Å². The van der Waals surface area contributed by atoms with Crippen molar-refractivity contribution in [1.29, 1.82) is 0 Å². The lowest BCUT2D eigenvalue weighted by atomic mass is 10.0. The van der Waals surface area contributed by atoms with Gasteiger partial charge in [-0.05, 0) is 50.6 Å². The third-order valence-corrected chi connectivity index (χ3v) is 4.03. The van der Waals surface area contributed by atoms with Gasteiger partial charge in [-0.25, -0.2) is 4.79 Å². The zero-order valence-corrected chi connectivity index (χ0v) is 15.7. The van der Waals surface area contributed by atoms with Crippen LogP contribution >= 0.6 is 0 Å². The number of benzene rings is 1. The van der Waals surface area contributed by atoms with Crippen molar-refractivity contribution in [3.05, 3.63) is 23.8 Å². The smallest absolute Gasteiger partial charge is 0.338 e. The highest BCUT2D eigenvalue weighted by Crippen LogP contribution is 2.23. The lowest BCUT2D eigenvalue weighted by Crippen LogP contribution is -2.40. The van der Waals surface area contributed by atoms with Gasteiger partial charge in [0.1, 0.15) is 12.4 Å². The predicted molar refractivity (Wildman–Crippen MR) is 98.5 cm³/mol. The van der Waals surface area contributed by atoms with E-state index in [4.69, 9.17) is 15.2 Å². The number of likely N-dealkylation sites (N-methyl/N-ethyl adjacent to an activating group) is 1. The molecule has 0 aliphatic carbocycles. The van der Waals surface area contributed by atoms with Crippen LogP contribution in [0.3, 0.4) is 0 Å². The van der Waals surface area contributed by atoms with Crippen LogP contribution < -0.4 is 10.5 Å². The number of carbonyl (C=O) groups is 1. The van der Waals surface area contributed by atoms with Crippen molar-refractivity contribution in [2.45, 2.75) is 47.1 Å². The van der Waals surface area contributed by atoms with Crippen LogP contribution in [0, 0.1) is 5.92 Å². The summed E-state index contributed by atoms with van der Waals surface area (Å²) in [6.45, 7) is 13.3. The summed E-state index contributed by atoms with van der Waals surface area (Å²) in [5.74, 6) is 0.738. The SMILES string of the molecule is CCOc1cc(C(=O)OC[C@H](CC(C)C)N(CC)CC)ccc1N. The van der Waals surface area contributed by atoms with Crippen LogP contribution in [0.15, 0.2) is 18.2 Å². The molecule has 0 unspecified atom stereocenters. The fraction of sp³-hybridized carbons (Fsp3) is 0.632. The highest BCUT2D eigenvalue weighted by Gasteiger charge is 2.20. The third-order valence-electron chi connectivity index (χ3n) is 4.03. The zero-order valence-electron chi connectivity index (χ0n) is 15.7. The molecule has 5 nitrogen and oxygen atoms in total. The molecule has 2 N–H and O–H groups in total. The summed E-state index contributed by atoms with van der Waals surface area (Å²) in [4.78, 5) is 14.7. The molecular formula is C19H32N2O3. The first-order chi connectivity index (χ1) is 11.4. The third kappa shape index (κ3) is 6.04. The number of nitrogen functional groups attached to an aromatic ring is 1. The summed E-state index contributed by atoms with van der Waals surface area (Å²) in [6.07, 6.45) is 1.00. The molecule has 0 spiro atoms. The topological polar surface area (TPSA) is 64.8 Å². The second-order valence-corrected chi connectivity index (χ2v) is 6.29. The average Bonchev–Trinajstić information content (AvgIpc) is 2.55. The maximum atomic E-state index is 12.4. The van der Waals surface area contributed by atoms with Gasteiger partial charge >= 0.3 is 5.97 Å². The minimum atomic E-state index is -0.336. The van der Waals surface area contributed by atoms with Crippen LogP contribution in [0.2, 0.25) is 0 Å². The lowest BCUT2D eigenvalue weighted by molar-refractivity contribution is 0.0330. The number of hydrogen-bond acceptors (Lipinski definition) is 5. The van der Waals surface area contributed by atoms with Crippen LogP contribution in [-0.4, -0.2) is 43.2 Å². The van der Waals surface area contributed by atoms with E-state index in [9.17, 15) is 4.79 Å². The van der Waals surface area contributed by atoms with Gasteiger partial charge in [0.05, 0.1) is 17.9 Å². The molecule has 24 heavy (non-hydrogen) atoms. The molecule has 1 rings (SSSR count). The summed E-state index contributed by atoms with van der Waals surface area (Å²) in [6, 6.07) is 5.24. The zero-order chi connectivity index (χ0) is 18.1. The van der Waals surface area contributed by atoms with E-state index in [0.717, 1.165) is 19.5 Å². The lowest BCUT2D eigenvalue weighted by Gasteiger charge is -2.30. The molecule has 0 amide bonds. The van der Waals surface area contributed by atoms with Gasteiger partial charge < -0.3 is 15.2 Å². The monoisotopic (exact) mass is 336 g/mol. The quantitative estimate of drug-likeness (QED) is 0.522. The molecule has 136 valence electrons.